The minimum atomic E-state index is -4.12. The Hall–Kier alpha value is -4.55. The molecule has 0 heterocycles. The van der Waals surface area contributed by atoms with Crippen LogP contribution in [-0.4, -0.2) is 43.0 Å². The predicted molar refractivity (Wildman–Crippen MR) is 162 cm³/mol. The molecule has 0 aliphatic rings. The minimum absolute atomic E-state index is 0.00162. The van der Waals surface area contributed by atoms with E-state index in [2.05, 4.69) is 10.0 Å². The SMILES string of the molecule is CCOc1ccc(S(=O)(=O)N(CC(=O)Nc2ccc(S(=O)(=O)Nc3ccc(OC)cc3)cc2)c2ccc(C)cc2)cc1. The van der Waals surface area contributed by atoms with Crippen molar-refractivity contribution >= 4 is 43.0 Å². The summed E-state index contributed by atoms with van der Waals surface area (Å²) in [5.74, 6) is 0.504. The van der Waals surface area contributed by atoms with Crippen molar-refractivity contribution in [1.29, 1.82) is 0 Å². The summed E-state index contributed by atoms with van der Waals surface area (Å²) in [6.07, 6.45) is 0. The summed E-state index contributed by atoms with van der Waals surface area (Å²) in [6.45, 7) is 3.62. The van der Waals surface area contributed by atoms with Gasteiger partial charge in [0.15, 0.2) is 0 Å². The fraction of sp³-hybridized carbons (Fsp3) is 0.167. The molecular formula is C30H31N3O7S2. The molecule has 220 valence electrons. The Kier molecular flexibility index (Phi) is 9.38. The van der Waals surface area contributed by atoms with Crippen molar-refractivity contribution in [2.24, 2.45) is 0 Å². The van der Waals surface area contributed by atoms with Gasteiger partial charge in [0, 0.05) is 11.4 Å². The van der Waals surface area contributed by atoms with E-state index < -0.39 is 32.5 Å². The summed E-state index contributed by atoms with van der Waals surface area (Å²) in [5.41, 5.74) is 1.90. The normalized spacial score (nSPS) is 11.4. The molecule has 0 atom stereocenters. The zero-order valence-electron chi connectivity index (χ0n) is 23.3. The molecule has 0 spiro atoms. The van der Waals surface area contributed by atoms with E-state index in [-0.39, 0.29) is 9.79 Å². The van der Waals surface area contributed by atoms with Crippen LogP contribution in [0.5, 0.6) is 11.5 Å². The smallest absolute Gasteiger partial charge is 0.264 e. The van der Waals surface area contributed by atoms with E-state index in [1.54, 1.807) is 60.7 Å². The fourth-order valence-electron chi connectivity index (χ4n) is 3.95. The Morgan fingerprint density at radius 1 is 0.738 bits per heavy atom. The lowest BCUT2D eigenvalue weighted by molar-refractivity contribution is -0.114. The highest BCUT2D eigenvalue weighted by molar-refractivity contribution is 7.93. The number of hydrogen-bond donors (Lipinski definition) is 2. The fourth-order valence-corrected chi connectivity index (χ4v) is 6.43. The van der Waals surface area contributed by atoms with Crippen molar-refractivity contribution in [2.45, 2.75) is 23.6 Å². The van der Waals surface area contributed by atoms with Crippen LogP contribution >= 0.6 is 0 Å². The van der Waals surface area contributed by atoms with Crippen molar-refractivity contribution in [3.8, 4) is 11.5 Å². The van der Waals surface area contributed by atoms with Gasteiger partial charge in [-0.25, -0.2) is 16.8 Å². The van der Waals surface area contributed by atoms with Gasteiger partial charge in [0.2, 0.25) is 5.91 Å². The Morgan fingerprint density at radius 2 is 1.29 bits per heavy atom. The highest BCUT2D eigenvalue weighted by Gasteiger charge is 2.27. The molecule has 0 aliphatic heterocycles. The molecule has 10 nitrogen and oxygen atoms in total. The second-order valence-corrected chi connectivity index (χ2v) is 12.7. The molecule has 1 amide bonds. The molecular weight excluding hydrogens is 578 g/mol. The van der Waals surface area contributed by atoms with Crippen molar-refractivity contribution in [3.05, 3.63) is 103 Å². The van der Waals surface area contributed by atoms with Gasteiger partial charge in [-0.1, -0.05) is 17.7 Å². The predicted octanol–water partition coefficient (Wildman–Crippen LogP) is 5.04. The zero-order chi connectivity index (χ0) is 30.3. The lowest BCUT2D eigenvalue weighted by Crippen LogP contribution is -2.38. The third kappa shape index (κ3) is 7.39. The molecule has 0 aromatic heterocycles. The number of anilines is 3. The third-order valence-corrected chi connectivity index (χ3v) is 9.31. The standard InChI is InChI=1S/C30H31N3O7S2/c1-4-40-27-15-19-29(20-16-27)42(37,38)33(25-11-5-22(2)6-12-25)21-30(34)31-23-9-17-28(18-10-23)41(35,36)32-24-7-13-26(39-3)14-8-24/h5-20,32H,4,21H2,1-3H3,(H,31,34). The number of carbonyl (C=O) groups is 1. The van der Waals surface area contributed by atoms with Crippen LogP contribution in [0.3, 0.4) is 0 Å². The second-order valence-electron chi connectivity index (χ2n) is 9.16. The van der Waals surface area contributed by atoms with Crippen LogP contribution in [0, 0.1) is 6.92 Å². The van der Waals surface area contributed by atoms with Crippen molar-refractivity contribution in [3.63, 3.8) is 0 Å². The number of nitrogens with one attached hydrogen (secondary N) is 2. The van der Waals surface area contributed by atoms with E-state index in [0.29, 0.717) is 35.2 Å². The van der Waals surface area contributed by atoms with E-state index >= 15 is 0 Å². The number of aryl methyl sites for hydroxylation is 1. The van der Waals surface area contributed by atoms with E-state index in [1.165, 1.54) is 43.5 Å². The minimum Gasteiger partial charge on any atom is -0.497 e. The molecule has 0 saturated heterocycles. The molecule has 12 heteroatoms. The number of sulfonamides is 2. The summed E-state index contributed by atoms with van der Waals surface area (Å²) < 4.78 is 66.9. The van der Waals surface area contributed by atoms with Gasteiger partial charge in [-0.3, -0.25) is 13.8 Å². The zero-order valence-corrected chi connectivity index (χ0v) is 24.9. The molecule has 0 bridgehead atoms. The first-order chi connectivity index (χ1) is 20.0. The third-order valence-electron chi connectivity index (χ3n) is 6.12. The number of benzene rings is 4. The summed E-state index contributed by atoms with van der Waals surface area (Å²) in [4.78, 5) is 13.1. The van der Waals surface area contributed by atoms with Crippen molar-refractivity contribution in [2.75, 3.05) is 34.6 Å². The second kappa shape index (κ2) is 13.0. The summed E-state index contributed by atoms with van der Waals surface area (Å²) >= 11 is 0. The van der Waals surface area contributed by atoms with Gasteiger partial charge >= 0.3 is 0 Å². The van der Waals surface area contributed by atoms with Crippen LogP contribution in [0.2, 0.25) is 0 Å². The van der Waals surface area contributed by atoms with Gasteiger partial charge in [0.05, 0.1) is 29.2 Å². The van der Waals surface area contributed by atoms with Gasteiger partial charge in [0.1, 0.15) is 18.0 Å². The molecule has 4 aromatic rings. The van der Waals surface area contributed by atoms with E-state index in [0.717, 1.165) is 9.87 Å². The molecule has 42 heavy (non-hydrogen) atoms. The number of ether oxygens (including phenoxy) is 2. The van der Waals surface area contributed by atoms with Crippen LogP contribution in [0.25, 0.3) is 0 Å². The molecule has 4 aromatic carbocycles. The van der Waals surface area contributed by atoms with Crippen molar-refractivity contribution < 1.29 is 31.1 Å². The highest BCUT2D eigenvalue weighted by Crippen LogP contribution is 2.26. The number of methoxy groups -OCH3 is 1. The monoisotopic (exact) mass is 609 g/mol. The molecule has 2 N–H and O–H groups in total. The van der Waals surface area contributed by atoms with Gasteiger partial charge in [-0.15, -0.1) is 0 Å². The molecule has 0 aliphatic carbocycles. The average Bonchev–Trinajstić information content (AvgIpc) is 2.97. The number of nitrogens with zero attached hydrogens (tertiary/aromatic N) is 1. The topological polar surface area (TPSA) is 131 Å². The highest BCUT2D eigenvalue weighted by atomic mass is 32.2. The maximum Gasteiger partial charge on any atom is 0.264 e. The van der Waals surface area contributed by atoms with Crippen LogP contribution in [0.15, 0.2) is 107 Å². The van der Waals surface area contributed by atoms with Gasteiger partial charge in [-0.05, 0) is 98.8 Å². The first-order valence-electron chi connectivity index (χ1n) is 12.9. The maximum atomic E-state index is 13.6. The summed E-state index contributed by atoms with van der Waals surface area (Å²) in [6, 6.07) is 24.7. The van der Waals surface area contributed by atoms with Crippen LogP contribution in [0.1, 0.15) is 12.5 Å². The van der Waals surface area contributed by atoms with Gasteiger partial charge < -0.3 is 14.8 Å². The Bertz CT molecular complexity index is 1720. The molecule has 4 rings (SSSR count). The molecule has 0 fully saturated rings. The lowest BCUT2D eigenvalue weighted by Gasteiger charge is -2.24. The summed E-state index contributed by atoms with van der Waals surface area (Å²) in [7, 11) is -6.50. The first kappa shape index (κ1) is 30.4. The molecule has 0 radical (unpaired) electrons. The van der Waals surface area contributed by atoms with Crippen LogP contribution < -0.4 is 23.8 Å². The number of carbonyl (C=O) groups excluding carboxylic acids is 1. The Labute approximate surface area is 246 Å². The quantitative estimate of drug-likeness (QED) is 0.230. The maximum absolute atomic E-state index is 13.6. The number of rotatable bonds is 12. The Balaban J connectivity index is 1.51. The van der Waals surface area contributed by atoms with E-state index in [4.69, 9.17) is 9.47 Å². The average molecular weight is 610 g/mol. The number of amides is 1. The number of hydrogen-bond acceptors (Lipinski definition) is 7. The van der Waals surface area contributed by atoms with E-state index in [1.807, 2.05) is 13.8 Å². The van der Waals surface area contributed by atoms with Gasteiger partial charge in [-0.2, -0.15) is 0 Å². The van der Waals surface area contributed by atoms with Crippen LogP contribution in [0.4, 0.5) is 17.1 Å². The largest absolute Gasteiger partial charge is 0.497 e. The molecule has 0 saturated carbocycles. The van der Waals surface area contributed by atoms with Crippen LogP contribution in [-0.2, 0) is 24.8 Å². The Morgan fingerprint density at radius 3 is 1.86 bits per heavy atom. The lowest BCUT2D eigenvalue weighted by atomic mass is 10.2. The summed E-state index contributed by atoms with van der Waals surface area (Å²) in [5, 5.41) is 2.65. The van der Waals surface area contributed by atoms with Crippen molar-refractivity contribution in [1.82, 2.24) is 0 Å². The van der Waals surface area contributed by atoms with Gasteiger partial charge in [0.25, 0.3) is 20.0 Å². The first-order valence-corrected chi connectivity index (χ1v) is 15.8. The molecule has 0 unspecified atom stereocenters. The van der Waals surface area contributed by atoms with E-state index in [9.17, 15) is 21.6 Å².